The molecule has 0 saturated heterocycles. The molecule has 0 fully saturated rings. The number of nitrogens with one attached hydrogen (secondary N) is 1. The van der Waals surface area contributed by atoms with Crippen molar-refractivity contribution in [2.24, 2.45) is 5.92 Å². The van der Waals surface area contributed by atoms with Crippen LogP contribution in [0.5, 0.6) is 0 Å². The van der Waals surface area contributed by atoms with Gasteiger partial charge in [0.15, 0.2) is 0 Å². The molecule has 3 rings (SSSR count). The van der Waals surface area contributed by atoms with E-state index in [4.69, 9.17) is 4.74 Å². The zero-order valence-corrected chi connectivity index (χ0v) is 24.8. The van der Waals surface area contributed by atoms with Crippen LogP contribution in [0.1, 0.15) is 39.2 Å². The molecule has 2 atom stereocenters. The lowest BCUT2D eigenvalue weighted by atomic mass is 10.0. The van der Waals surface area contributed by atoms with Crippen molar-refractivity contribution in [1.29, 1.82) is 0 Å². The fourth-order valence-corrected chi connectivity index (χ4v) is 5.49. The average molecular weight is 577 g/mol. The number of benzene rings is 3. The van der Waals surface area contributed by atoms with Gasteiger partial charge in [0.1, 0.15) is 6.04 Å². The minimum absolute atomic E-state index is 0.134. The fourth-order valence-electron chi connectivity index (χ4n) is 4.32. The summed E-state index contributed by atoms with van der Waals surface area (Å²) in [6, 6.07) is 25.8. The number of aliphatic carboxylic acids is 1. The summed E-state index contributed by atoms with van der Waals surface area (Å²) in [7, 11) is 0. The smallest absolute Gasteiger partial charge is 0.326 e. The summed E-state index contributed by atoms with van der Waals surface area (Å²) in [6.07, 6.45) is 1.03. The zero-order chi connectivity index (χ0) is 29.6. The highest BCUT2D eigenvalue weighted by atomic mass is 32.2. The van der Waals surface area contributed by atoms with E-state index in [2.05, 4.69) is 19.2 Å². The maximum Gasteiger partial charge on any atom is 0.326 e. The number of carboxylic acid groups (broad SMARTS) is 1. The molecule has 7 nitrogen and oxygen atoms in total. The normalized spacial score (nSPS) is 12.4. The van der Waals surface area contributed by atoms with Crippen LogP contribution in [-0.4, -0.2) is 59.0 Å². The molecule has 41 heavy (non-hydrogen) atoms. The predicted molar refractivity (Wildman–Crippen MR) is 164 cm³/mol. The molecule has 0 radical (unpaired) electrons. The Labute approximate surface area is 247 Å². The number of amides is 2. The zero-order valence-electron chi connectivity index (χ0n) is 24.0. The van der Waals surface area contributed by atoms with Crippen molar-refractivity contribution in [2.75, 3.05) is 19.7 Å². The van der Waals surface area contributed by atoms with Crippen LogP contribution in [0.4, 0.5) is 4.79 Å². The van der Waals surface area contributed by atoms with Gasteiger partial charge in [-0.15, -0.1) is 11.8 Å². The Balaban J connectivity index is 1.74. The number of ether oxygens (including phenoxy) is 1. The molecule has 1 unspecified atom stereocenters. The molecule has 0 aliphatic heterocycles. The Morgan fingerprint density at radius 1 is 0.902 bits per heavy atom. The van der Waals surface area contributed by atoms with Crippen LogP contribution in [0, 0.1) is 5.92 Å². The highest BCUT2D eigenvalue weighted by Gasteiger charge is 2.27. The lowest BCUT2D eigenvalue weighted by molar-refractivity contribution is -0.143. The molecule has 0 heterocycles. The van der Waals surface area contributed by atoms with Crippen LogP contribution in [0.15, 0.2) is 89.8 Å². The quantitative estimate of drug-likeness (QED) is 0.158. The third kappa shape index (κ3) is 11.0. The first-order valence-corrected chi connectivity index (χ1v) is 14.9. The second-order valence-corrected chi connectivity index (χ2v) is 11.7. The van der Waals surface area contributed by atoms with Crippen molar-refractivity contribution in [3.05, 3.63) is 90.5 Å². The molecule has 0 bridgehead atoms. The van der Waals surface area contributed by atoms with E-state index >= 15 is 0 Å². The molecule has 0 aliphatic rings. The van der Waals surface area contributed by atoms with E-state index in [0.717, 1.165) is 28.0 Å². The fraction of sp³-hybridized carbons (Fsp3) is 0.364. The predicted octanol–water partition coefficient (Wildman–Crippen LogP) is 6.52. The molecule has 0 saturated carbocycles. The van der Waals surface area contributed by atoms with Crippen LogP contribution in [0.2, 0.25) is 0 Å². The van der Waals surface area contributed by atoms with E-state index in [1.54, 1.807) is 11.8 Å². The number of nitrogens with zero attached hydrogens (tertiary/aromatic N) is 1. The molecule has 0 aromatic heterocycles. The Morgan fingerprint density at radius 2 is 1.51 bits per heavy atom. The molecule has 2 amide bonds. The number of esters is 1. The lowest BCUT2D eigenvalue weighted by Gasteiger charge is -2.29. The first-order valence-electron chi connectivity index (χ1n) is 14.0. The standard InChI is InChI=1S/C33H40N2O5S/c1-4-40-31(36)22-29(41-28-13-9-6-10-14-28)23-35(20-19-24(2)3)33(39)34-30(32(37)38)21-25-15-17-27(18-16-25)26-11-7-5-8-12-26/h5-18,24,29-30H,4,19-23H2,1-3H3,(H,34,39)(H,37,38)/t29?,30-/m0/s1. The average Bonchev–Trinajstić information content (AvgIpc) is 2.96. The Hall–Kier alpha value is -3.78. The van der Waals surface area contributed by atoms with Crippen LogP contribution >= 0.6 is 11.8 Å². The number of hydrogen-bond acceptors (Lipinski definition) is 5. The number of urea groups is 1. The number of hydrogen-bond donors (Lipinski definition) is 2. The molecule has 0 spiro atoms. The van der Waals surface area contributed by atoms with Crippen LogP contribution in [0.3, 0.4) is 0 Å². The molecule has 218 valence electrons. The summed E-state index contributed by atoms with van der Waals surface area (Å²) in [4.78, 5) is 40.8. The third-order valence-corrected chi connectivity index (χ3v) is 7.72. The summed E-state index contributed by atoms with van der Waals surface area (Å²) >= 11 is 1.51. The largest absolute Gasteiger partial charge is 0.480 e. The van der Waals surface area contributed by atoms with Crippen LogP contribution in [-0.2, 0) is 20.7 Å². The van der Waals surface area contributed by atoms with Crippen molar-refractivity contribution in [1.82, 2.24) is 10.2 Å². The van der Waals surface area contributed by atoms with E-state index in [0.29, 0.717) is 12.5 Å². The Bertz CT molecular complexity index is 1240. The maximum absolute atomic E-state index is 13.5. The van der Waals surface area contributed by atoms with E-state index < -0.39 is 18.0 Å². The van der Waals surface area contributed by atoms with Gasteiger partial charge in [0.2, 0.25) is 0 Å². The molecular weight excluding hydrogens is 536 g/mol. The third-order valence-electron chi connectivity index (χ3n) is 6.53. The van der Waals surface area contributed by atoms with Gasteiger partial charge in [-0.1, -0.05) is 86.6 Å². The van der Waals surface area contributed by atoms with Crippen molar-refractivity contribution in [3.8, 4) is 11.1 Å². The summed E-state index contributed by atoms with van der Waals surface area (Å²) in [5.41, 5.74) is 2.92. The second-order valence-electron chi connectivity index (χ2n) is 10.3. The summed E-state index contributed by atoms with van der Waals surface area (Å²) in [5, 5.41) is 12.5. The Morgan fingerprint density at radius 3 is 2.10 bits per heavy atom. The Kier molecular flexibility index (Phi) is 12.8. The molecule has 3 aromatic rings. The number of thioether (sulfide) groups is 1. The first-order chi connectivity index (χ1) is 19.7. The molecule has 3 aromatic carbocycles. The number of carbonyl (C=O) groups excluding carboxylic acids is 2. The van der Waals surface area contributed by atoms with E-state index in [1.807, 2.05) is 84.9 Å². The first kappa shape index (κ1) is 31.7. The molecular formula is C33H40N2O5S. The van der Waals surface area contributed by atoms with Gasteiger partial charge in [-0.25, -0.2) is 9.59 Å². The summed E-state index contributed by atoms with van der Waals surface area (Å²) in [6.45, 7) is 6.91. The van der Waals surface area contributed by atoms with E-state index in [-0.39, 0.29) is 37.2 Å². The van der Waals surface area contributed by atoms with Gasteiger partial charge in [-0.05, 0) is 48.1 Å². The molecule has 0 aliphatic carbocycles. The highest BCUT2D eigenvalue weighted by Crippen LogP contribution is 2.27. The number of carboxylic acids is 1. The monoisotopic (exact) mass is 576 g/mol. The van der Waals surface area contributed by atoms with Gasteiger partial charge in [-0.2, -0.15) is 0 Å². The van der Waals surface area contributed by atoms with Gasteiger partial charge in [0.05, 0.1) is 13.0 Å². The van der Waals surface area contributed by atoms with Crippen molar-refractivity contribution < 1.29 is 24.2 Å². The summed E-state index contributed by atoms with van der Waals surface area (Å²) in [5.74, 6) is -1.09. The van der Waals surface area contributed by atoms with Crippen LogP contribution in [0.25, 0.3) is 11.1 Å². The van der Waals surface area contributed by atoms with Gasteiger partial charge in [0, 0.05) is 29.7 Å². The molecule has 8 heteroatoms. The highest BCUT2D eigenvalue weighted by molar-refractivity contribution is 8.00. The van der Waals surface area contributed by atoms with Gasteiger partial charge in [-0.3, -0.25) is 4.79 Å². The van der Waals surface area contributed by atoms with E-state index in [9.17, 15) is 19.5 Å². The second kappa shape index (κ2) is 16.5. The minimum Gasteiger partial charge on any atom is -0.480 e. The summed E-state index contributed by atoms with van der Waals surface area (Å²) < 4.78 is 5.20. The van der Waals surface area contributed by atoms with Crippen LogP contribution < -0.4 is 5.32 Å². The van der Waals surface area contributed by atoms with Gasteiger partial charge < -0.3 is 20.1 Å². The SMILES string of the molecule is CCOC(=O)CC(CN(CCC(C)C)C(=O)N[C@@H](Cc1ccc(-c2ccccc2)cc1)C(=O)O)Sc1ccccc1. The topological polar surface area (TPSA) is 95.9 Å². The van der Waals surface area contributed by atoms with E-state index in [1.165, 1.54) is 11.8 Å². The van der Waals surface area contributed by atoms with Gasteiger partial charge in [0.25, 0.3) is 0 Å². The number of carbonyl (C=O) groups is 3. The number of rotatable bonds is 15. The minimum atomic E-state index is -1.10. The maximum atomic E-state index is 13.5. The molecule has 2 N–H and O–H groups in total. The van der Waals surface area contributed by atoms with Crippen molar-refractivity contribution in [2.45, 2.75) is 56.2 Å². The van der Waals surface area contributed by atoms with Crippen molar-refractivity contribution in [3.63, 3.8) is 0 Å². The van der Waals surface area contributed by atoms with Gasteiger partial charge >= 0.3 is 18.0 Å². The van der Waals surface area contributed by atoms with Crippen molar-refractivity contribution >= 4 is 29.7 Å². The lowest BCUT2D eigenvalue weighted by Crippen LogP contribution is -2.51.